The van der Waals surface area contributed by atoms with Gasteiger partial charge >= 0.3 is 48.2 Å². The molecule has 3 heterocycles. The number of nitrogens with one attached hydrogen (secondary N) is 6. The molecule has 99 heavy (non-hydrogen) atoms. The number of carbonyl (C=O) groups excluding carboxylic acids is 3. The number of imidazole rings is 1. The van der Waals surface area contributed by atoms with Crippen LogP contribution in [0.25, 0.3) is 22.0 Å². The molecule has 2 aromatic heterocycles. The molecule has 0 radical (unpaired) electrons. The number of benzene rings is 3. The van der Waals surface area contributed by atoms with E-state index in [0.717, 1.165) is 11.9 Å². The van der Waals surface area contributed by atoms with Gasteiger partial charge in [0.15, 0.2) is 11.7 Å². The number of carboxylic acids is 6. The van der Waals surface area contributed by atoms with Crippen LogP contribution in [0.3, 0.4) is 0 Å². The van der Waals surface area contributed by atoms with Crippen molar-refractivity contribution in [3.8, 4) is 11.1 Å². The normalized spacial score (nSPS) is 14.7. The Labute approximate surface area is 562 Å². The highest BCUT2D eigenvalue weighted by Gasteiger charge is 2.39. The summed E-state index contributed by atoms with van der Waals surface area (Å²) in [5.41, 5.74) is 2.09. The number of anilines is 1. The fraction of sp³-hybridized carbons (Fsp3) is 0.436. The van der Waals surface area contributed by atoms with Gasteiger partial charge in [-0.05, 0) is 66.4 Å². The van der Waals surface area contributed by atoms with Gasteiger partial charge in [-0.15, -0.1) is 4.33 Å². The number of aromatic amines is 1. The summed E-state index contributed by atoms with van der Waals surface area (Å²) in [5.74, 6) is -11.9. The average Bonchev–Trinajstić information content (AvgIpc) is 1.78. The van der Waals surface area contributed by atoms with Gasteiger partial charge in [0, 0.05) is 120 Å². The van der Waals surface area contributed by atoms with Gasteiger partial charge in [-0.25, -0.2) is 41.4 Å². The molecule has 5 aromatic rings. The maximum atomic E-state index is 13.5. The summed E-state index contributed by atoms with van der Waals surface area (Å²) in [6, 6.07) is 13.0. The van der Waals surface area contributed by atoms with Crippen molar-refractivity contribution in [3.63, 3.8) is 0 Å². The van der Waals surface area contributed by atoms with Crippen molar-refractivity contribution in [3.05, 3.63) is 90.9 Å². The molecule has 1 saturated heterocycles. The summed E-state index contributed by atoms with van der Waals surface area (Å²) in [5, 5.41) is 78.3. The van der Waals surface area contributed by atoms with E-state index in [1.54, 1.807) is 61.1 Å². The minimum Gasteiger partial charge on any atom is -0.480 e. The number of ketones is 1. The number of carbonyl (C=O) groups is 9. The van der Waals surface area contributed by atoms with Crippen LogP contribution in [-0.4, -0.2) is 274 Å². The van der Waals surface area contributed by atoms with Gasteiger partial charge < -0.3 is 51.6 Å². The van der Waals surface area contributed by atoms with Gasteiger partial charge in [0.2, 0.25) is 31.9 Å². The maximum absolute atomic E-state index is 13.5. The number of sulfonamides is 2. The van der Waals surface area contributed by atoms with E-state index in [4.69, 9.17) is 25.1 Å². The predicted octanol–water partition coefficient (Wildman–Crippen LogP) is 1.01. The number of H-pyrrole nitrogens is 1. The highest BCUT2D eigenvalue weighted by Crippen LogP contribution is 2.25. The molecule has 13 N–H and O–H groups in total. The van der Waals surface area contributed by atoms with E-state index in [1.807, 2.05) is 0 Å². The number of Topliss-reactive ketones (excluding diaryl/α,β-unsaturated/α-hetero) is 1. The lowest BCUT2D eigenvalue weighted by molar-refractivity contribution is -0.432. The Morgan fingerprint density at radius 1 is 0.636 bits per heavy atom. The lowest BCUT2D eigenvalue weighted by Crippen LogP contribution is -2.53. The first kappa shape index (κ1) is 82.5. The van der Waals surface area contributed by atoms with E-state index in [1.165, 1.54) is 48.5 Å². The lowest BCUT2D eigenvalue weighted by atomic mass is 10.0. The van der Waals surface area contributed by atoms with Crippen molar-refractivity contribution in [2.45, 2.75) is 60.0 Å². The number of nitrogens with zero attached hydrogens (tertiary/aromatic N) is 7. The Hall–Kier alpha value is -8.96. The first-order valence-corrected chi connectivity index (χ1v) is 32.8. The smallest absolute Gasteiger partial charge is 0.480 e. The zero-order chi connectivity index (χ0) is 73.7. The molecule has 0 unspecified atom stereocenters. The number of aromatic nitrogens is 4. The van der Waals surface area contributed by atoms with E-state index in [9.17, 15) is 97.2 Å². The number of hydrogen-bond acceptors (Lipinski definition) is 24. The van der Waals surface area contributed by atoms with Crippen LogP contribution >= 0.6 is 12.0 Å². The van der Waals surface area contributed by atoms with Crippen molar-refractivity contribution < 1.29 is 132 Å². The van der Waals surface area contributed by atoms with Crippen LogP contribution in [0.15, 0.2) is 95.1 Å². The molecular formula is C55H69F6N13O22S3. The molecular weight excluding hydrogens is 1400 g/mol. The summed E-state index contributed by atoms with van der Waals surface area (Å²) in [6.45, 7) is 0.314. The Morgan fingerprint density at radius 2 is 1.12 bits per heavy atom. The van der Waals surface area contributed by atoms with E-state index < -0.39 is 97.9 Å². The van der Waals surface area contributed by atoms with E-state index in [0.29, 0.717) is 53.2 Å². The van der Waals surface area contributed by atoms with Gasteiger partial charge in [0.25, 0.3) is 0 Å². The molecule has 0 saturated carbocycles. The van der Waals surface area contributed by atoms with Gasteiger partial charge in [-0.3, -0.25) is 57.8 Å². The lowest BCUT2D eigenvalue weighted by Gasteiger charge is -2.33. The van der Waals surface area contributed by atoms with Crippen LogP contribution < -0.4 is 25.4 Å². The maximum Gasteiger partial charge on any atom is 0.490 e. The third-order valence-corrected chi connectivity index (χ3v) is 17.4. The number of halogens is 6. The molecule has 2 atom stereocenters. The number of hydrogen-bond donors (Lipinski definition) is 13. The summed E-state index contributed by atoms with van der Waals surface area (Å²) in [4.78, 5) is 118. The molecule has 0 bridgehead atoms. The zero-order valence-electron chi connectivity index (χ0n) is 51.8. The summed E-state index contributed by atoms with van der Waals surface area (Å²) >= 11 is 0.456. The zero-order valence-corrected chi connectivity index (χ0v) is 54.2. The first-order chi connectivity index (χ1) is 46.5. The van der Waals surface area contributed by atoms with Crippen molar-refractivity contribution in [1.29, 1.82) is 0 Å². The third-order valence-electron chi connectivity index (χ3n) is 13.8. The van der Waals surface area contributed by atoms with Crippen LogP contribution in [-0.2, 0) is 74.3 Å². The Kier molecular flexibility index (Phi) is 33.0. The fourth-order valence-corrected chi connectivity index (χ4v) is 11.6. The van der Waals surface area contributed by atoms with Gasteiger partial charge in [-0.2, -0.15) is 36.2 Å². The standard InChI is InChI=1S/C51H67N13O18S3.2C2HF3O2/c65-44(37-6-12-43-38(28-37)29-56-64(43)19-1-14-53-51-54-15-16-55-51)13-11-41(50(74)75)59-85(79,80)40-9-4-36(5-10-40)35-2-7-39(8-3-35)84(77,78)57-18-17-52-49(73)42(34-83-82-81-76)58-45(66)30-60-20-22-61(31-46(67)68)24-26-63(33-48(71)72)27-25-62(23-21-60)32-47(69)70;2*3-2(4,5)1(6)7/h2-10,12,15-16,28-29,41-42,57,59,76H,1,11,13-14,17-27,30-34H2,(H,52,73)(H,58,66)(H,67,68)(H,69,70)(H,71,72)(H,74,75)(H2,53,54,55);2*(H,6,7)/t41-,42-;;/m0../s1. The van der Waals surface area contributed by atoms with Crippen molar-refractivity contribution >= 4 is 102 Å². The predicted molar refractivity (Wildman–Crippen MR) is 332 cm³/mol. The molecule has 35 nitrogen and oxygen atoms in total. The molecule has 3 aromatic carbocycles. The highest BCUT2D eigenvalue weighted by atomic mass is 32.2. The Balaban J connectivity index is 0.00000134. The van der Waals surface area contributed by atoms with Crippen LogP contribution in [0.4, 0.5) is 32.3 Å². The highest BCUT2D eigenvalue weighted by molar-refractivity contribution is 7.94. The molecule has 44 heteroatoms. The van der Waals surface area contributed by atoms with Gasteiger partial charge in [0.05, 0.1) is 53.4 Å². The number of alkyl halides is 6. The molecule has 546 valence electrons. The summed E-state index contributed by atoms with van der Waals surface area (Å²) in [6.07, 6.45) is -5.06. The SMILES string of the molecule is O=C(O)C(F)(F)F.O=C(O)C(F)(F)F.O=C(O)CN1CCN(CC(=O)O)CCN(CC(=O)N[C@@H](CSOOO)C(=O)NCCNS(=O)(=O)c2ccc(-c3ccc(S(=O)(=O)N[C@@H](CCC(=O)c4ccc5c(cnn5CCCNc5ncc[nH]5)c4)C(=O)O)cc3)cc2)CCN(CC(=O)O)CC1. The fourth-order valence-electron chi connectivity index (χ4n) is 8.90. The third kappa shape index (κ3) is 30.0. The van der Waals surface area contributed by atoms with Gasteiger partial charge in [0.1, 0.15) is 12.1 Å². The number of rotatable bonds is 33. The van der Waals surface area contributed by atoms with Crippen molar-refractivity contribution in [2.24, 2.45) is 0 Å². The second-order valence-corrected chi connectivity index (χ2v) is 25.2. The second kappa shape index (κ2) is 39.6. The quantitative estimate of drug-likeness (QED) is 0.00696. The molecule has 2 amide bonds. The van der Waals surface area contributed by atoms with Crippen LogP contribution in [0.1, 0.15) is 29.6 Å². The minimum atomic E-state index is -5.08. The average molecular weight is 1470 g/mol. The molecule has 1 fully saturated rings. The number of carboxylic acid groups (broad SMARTS) is 6. The molecule has 6 rings (SSSR count). The Bertz CT molecular complexity index is 3690. The topological polar surface area (TPSA) is 502 Å². The Morgan fingerprint density at radius 3 is 1.57 bits per heavy atom. The minimum absolute atomic E-state index is 0.114. The monoisotopic (exact) mass is 1470 g/mol. The number of aryl methyl sites for hydroxylation is 1. The second-order valence-electron chi connectivity index (χ2n) is 21.0. The van der Waals surface area contributed by atoms with Crippen LogP contribution in [0.2, 0.25) is 0 Å². The summed E-state index contributed by atoms with van der Waals surface area (Å²) < 4.78 is 128. The molecule has 1 aliphatic heterocycles. The summed E-state index contributed by atoms with van der Waals surface area (Å²) in [7, 11) is -8.58. The van der Waals surface area contributed by atoms with Crippen molar-refractivity contribution in [2.75, 3.05) is 109 Å². The van der Waals surface area contributed by atoms with Crippen LogP contribution in [0.5, 0.6) is 0 Å². The van der Waals surface area contributed by atoms with E-state index >= 15 is 0 Å². The molecule has 1 aliphatic rings. The number of fused-ring (bicyclic) bond motifs is 1. The van der Waals surface area contributed by atoms with Crippen LogP contribution in [0, 0.1) is 0 Å². The first-order valence-electron chi connectivity index (χ1n) is 29.0. The largest absolute Gasteiger partial charge is 0.490 e. The van der Waals surface area contributed by atoms with E-state index in [-0.39, 0.29) is 120 Å². The van der Waals surface area contributed by atoms with Crippen molar-refractivity contribution in [1.82, 2.24) is 59.4 Å². The molecule has 0 spiro atoms. The van der Waals surface area contributed by atoms with Gasteiger partial charge in [-0.1, -0.05) is 29.3 Å². The molecule has 0 aliphatic carbocycles. The van der Waals surface area contributed by atoms with E-state index in [2.05, 4.69) is 49.8 Å². The number of aliphatic carboxylic acids is 6. The number of amides is 2.